The van der Waals surface area contributed by atoms with E-state index in [0.717, 1.165) is 17.9 Å². The summed E-state index contributed by atoms with van der Waals surface area (Å²) in [7, 11) is 3.29. The Bertz CT molecular complexity index is 483. The lowest BCUT2D eigenvalue weighted by atomic mass is 10.1. The van der Waals surface area contributed by atoms with Crippen LogP contribution in [0.25, 0.3) is 0 Å². The van der Waals surface area contributed by atoms with Crippen LogP contribution in [-0.2, 0) is 6.42 Å². The average Bonchev–Trinajstić information content (AvgIpc) is 2.40. The quantitative estimate of drug-likeness (QED) is 0.807. The second kappa shape index (κ2) is 5.34. The fourth-order valence-electron chi connectivity index (χ4n) is 1.73. The molecule has 0 bridgehead atoms. The minimum atomic E-state index is 0.756. The van der Waals surface area contributed by atoms with Gasteiger partial charge in [-0.15, -0.1) is 0 Å². The van der Waals surface area contributed by atoms with Crippen molar-refractivity contribution in [3.63, 3.8) is 0 Å². The van der Waals surface area contributed by atoms with Gasteiger partial charge in [-0.25, -0.2) is 0 Å². The Hall–Kier alpha value is -2.03. The smallest absolute Gasteiger partial charge is 0.160 e. The summed E-state index contributed by atoms with van der Waals surface area (Å²) in [6.45, 7) is 0. The third kappa shape index (κ3) is 2.75. The van der Waals surface area contributed by atoms with E-state index < -0.39 is 0 Å². The highest BCUT2D eigenvalue weighted by atomic mass is 16.5. The SMILES string of the molecule is COc1ccc(Cc2ccncc2)cc1OC. The molecule has 3 heteroatoms. The fourth-order valence-corrected chi connectivity index (χ4v) is 1.73. The van der Waals surface area contributed by atoms with Crippen molar-refractivity contribution < 1.29 is 9.47 Å². The van der Waals surface area contributed by atoms with Crippen molar-refractivity contribution in [3.05, 3.63) is 53.9 Å². The molecule has 3 nitrogen and oxygen atoms in total. The van der Waals surface area contributed by atoms with Gasteiger partial charge in [-0.1, -0.05) is 6.07 Å². The Morgan fingerprint density at radius 1 is 0.882 bits per heavy atom. The number of ether oxygens (including phenoxy) is 2. The molecule has 2 rings (SSSR count). The zero-order valence-electron chi connectivity index (χ0n) is 10.0. The Morgan fingerprint density at radius 2 is 1.59 bits per heavy atom. The van der Waals surface area contributed by atoms with Crippen LogP contribution >= 0.6 is 0 Å². The minimum Gasteiger partial charge on any atom is -0.493 e. The molecule has 0 aliphatic heterocycles. The zero-order chi connectivity index (χ0) is 12.1. The number of methoxy groups -OCH3 is 2. The van der Waals surface area contributed by atoms with Gasteiger partial charge in [-0.05, 0) is 41.8 Å². The van der Waals surface area contributed by atoms with Gasteiger partial charge in [0.25, 0.3) is 0 Å². The lowest BCUT2D eigenvalue weighted by Gasteiger charge is -2.09. The third-order valence-electron chi connectivity index (χ3n) is 2.61. The molecule has 0 aliphatic carbocycles. The van der Waals surface area contributed by atoms with Gasteiger partial charge in [0.1, 0.15) is 0 Å². The predicted molar refractivity (Wildman–Crippen MR) is 66.6 cm³/mol. The van der Waals surface area contributed by atoms with Crippen molar-refractivity contribution in [2.24, 2.45) is 0 Å². The van der Waals surface area contributed by atoms with E-state index in [1.54, 1.807) is 26.6 Å². The predicted octanol–water partition coefficient (Wildman–Crippen LogP) is 2.69. The maximum atomic E-state index is 5.28. The largest absolute Gasteiger partial charge is 0.493 e. The van der Waals surface area contributed by atoms with Gasteiger partial charge < -0.3 is 9.47 Å². The Morgan fingerprint density at radius 3 is 2.24 bits per heavy atom. The van der Waals surface area contributed by atoms with E-state index in [9.17, 15) is 0 Å². The van der Waals surface area contributed by atoms with Gasteiger partial charge in [0.05, 0.1) is 14.2 Å². The molecule has 1 heterocycles. The van der Waals surface area contributed by atoms with Gasteiger partial charge in [0.15, 0.2) is 11.5 Å². The highest BCUT2D eigenvalue weighted by Gasteiger charge is 2.04. The first-order valence-electron chi connectivity index (χ1n) is 5.43. The molecule has 0 N–H and O–H groups in total. The Kier molecular flexibility index (Phi) is 3.60. The highest BCUT2D eigenvalue weighted by Crippen LogP contribution is 2.28. The van der Waals surface area contributed by atoms with E-state index in [2.05, 4.69) is 4.98 Å². The molecular formula is C14H15NO2. The summed E-state index contributed by atoms with van der Waals surface area (Å²) in [5.74, 6) is 1.52. The standard InChI is InChI=1S/C14H15NO2/c1-16-13-4-3-12(10-14(13)17-2)9-11-5-7-15-8-6-11/h3-8,10H,9H2,1-2H3. The van der Waals surface area contributed by atoms with Crippen LogP contribution < -0.4 is 9.47 Å². The van der Waals surface area contributed by atoms with Crippen LogP contribution in [0, 0.1) is 0 Å². The molecular weight excluding hydrogens is 214 g/mol. The van der Waals surface area contributed by atoms with Crippen molar-refractivity contribution in [1.82, 2.24) is 4.98 Å². The minimum absolute atomic E-state index is 0.756. The summed E-state index contributed by atoms with van der Waals surface area (Å²) in [6, 6.07) is 9.99. The molecule has 0 amide bonds. The molecule has 0 saturated carbocycles. The van der Waals surface area contributed by atoms with E-state index in [0.29, 0.717) is 0 Å². The van der Waals surface area contributed by atoms with Gasteiger partial charge >= 0.3 is 0 Å². The molecule has 2 aromatic rings. The summed E-state index contributed by atoms with van der Waals surface area (Å²) >= 11 is 0. The summed E-state index contributed by atoms with van der Waals surface area (Å²) < 4.78 is 10.5. The van der Waals surface area contributed by atoms with E-state index >= 15 is 0 Å². The maximum absolute atomic E-state index is 5.28. The average molecular weight is 229 g/mol. The first kappa shape index (κ1) is 11.5. The topological polar surface area (TPSA) is 31.4 Å². The summed E-state index contributed by atoms with van der Waals surface area (Å²) in [5, 5.41) is 0. The third-order valence-corrected chi connectivity index (χ3v) is 2.61. The molecule has 0 aliphatic rings. The van der Waals surface area contributed by atoms with Crippen molar-refractivity contribution in [1.29, 1.82) is 0 Å². The van der Waals surface area contributed by atoms with E-state index in [4.69, 9.17) is 9.47 Å². The number of nitrogens with zero attached hydrogens (tertiary/aromatic N) is 1. The van der Waals surface area contributed by atoms with Crippen molar-refractivity contribution in [2.75, 3.05) is 14.2 Å². The number of rotatable bonds is 4. The first-order chi connectivity index (χ1) is 8.33. The number of benzene rings is 1. The van der Waals surface area contributed by atoms with Crippen LogP contribution in [0.1, 0.15) is 11.1 Å². The maximum Gasteiger partial charge on any atom is 0.160 e. The Balaban J connectivity index is 2.22. The summed E-state index contributed by atoms with van der Waals surface area (Å²) in [4.78, 5) is 4.00. The van der Waals surface area contributed by atoms with Crippen molar-refractivity contribution >= 4 is 0 Å². The fraction of sp³-hybridized carbons (Fsp3) is 0.214. The van der Waals surface area contributed by atoms with Gasteiger partial charge in [-0.3, -0.25) is 4.98 Å². The molecule has 0 fully saturated rings. The van der Waals surface area contributed by atoms with E-state index in [1.165, 1.54) is 11.1 Å². The lowest BCUT2D eigenvalue weighted by Crippen LogP contribution is -1.93. The second-order valence-electron chi connectivity index (χ2n) is 3.72. The normalized spacial score (nSPS) is 10.0. The first-order valence-corrected chi connectivity index (χ1v) is 5.43. The van der Waals surface area contributed by atoms with Crippen LogP contribution in [0.3, 0.4) is 0 Å². The lowest BCUT2D eigenvalue weighted by molar-refractivity contribution is 0.354. The summed E-state index contributed by atoms with van der Waals surface area (Å²) in [6.07, 6.45) is 4.47. The van der Waals surface area contributed by atoms with Crippen molar-refractivity contribution in [2.45, 2.75) is 6.42 Å². The summed E-state index contributed by atoms with van der Waals surface area (Å²) in [5.41, 5.74) is 2.42. The highest BCUT2D eigenvalue weighted by molar-refractivity contribution is 5.44. The van der Waals surface area contributed by atoms with Gasteiger partial charge in [-0.2, -0.15) is 0 Å². The Labute approximate surface area is 101 Å². The number of hydrogen-bond donors (Lipinski definition) is 0. The molecule has 1 aromatic heterocycles. The van der Waals surface area contributed by atoms with E-state index in [1.807, 2.05) is 30.3 Å². The van der Waals surface area contributed by atoms with Crippen molar-refractivity contribution in [3.8, 4) is 11.5 Å². The molecule has 88 valence electrons. The molecule has 0 spiro atoms. The molecule has 0 atom stereocenters. The molecule has 0 saturated heterocycles. The van der Waals surface area contributed by atoms with Gasteiger partial charge in [0, 0.05) is 12.4 Å². The second-order valence-corrected chi connectivity index (χ2v) is 3.72. The zero-order valence-corrected chi connectivity index (χ0v) is 10.0. The molecule has 17 heavy (non-hydrogen) atoms. The van der Waals surface area contributed by atoms with Gasteiger partial charge in [0.2, 0.25) is 0 Å². The monoisotopic (exact) mass is 229 g/mol. The van der Waals surface area contributed by atoms with Crippen LogP contribution in [0.4, 0.5) is 0 Å². The molecule has 1 aromatic carbocycles. The number of hydrogen-bond acceptors (Lipinski definition) is 3. The molecule has 0 unspecified atom stereocenters. The number of aromatic nitrogens is 1. The molecule has 0 radical (unpaired) electrons. The van der Waals surface area contributed by atoms with Crippen LogP contribution in [0.15, 0.2) is 42.7 Å². The van der Waals surface area contributed by atoms with Crippen LogP contribution in [0.2, 0.25) is 0 Å². The van der Waals surface area contributed by atoms with E-state index in [-0.39, 0.29) is 0 Å². The van der Waals surface area contributed by atoms with Crippen LogP contribution in [0.5, 0.6) is 11.5 Å². The number of pyridine rings is 1. The van der Waals surface area contributed by atoms with Crippen LogP contribution in [-0.4, -0.2) is 19.2 Å².